The molecule has 0 fully saturated rings. The second-order valence-electron chi connectivity index (χ2n) is 6.60. The second kappa shape index (κ2) is 7.06. The third-order valence-corrected chi connectivity index (χ3v) is 4.84. The molecule has 1 atom stereocenters. The number of rotatable bonds is 5. The second-order valence-corrected chi connectivity index (χ2v) is 6.60. The molecule has 2 aromatic heterocycles. The van der Waals surface area contributed by atoms with Crippen LogP contribution in [-0.4, -0.2) is 49.2 Å². The van der Waals surface area contributed by atoms with Crippen LogP contribution in [0.15, 0.2) is 39.5 Å². The standard InChI is InChI=1S/C18H22N4O4/c23-12-16(24)14-10-13-11-20(6-3-7-22(13)19-14)8-9-21-15-4-1-2-5-17(15)26-18(21)25/h1-2,4-5,10,16,23-24H,3,6-9,11-12H2/t16-/m0/s1. The molecule has 0 saturated carbocycles. The van der Waals surface area contributed by atoms with Crippen molar-refractivity contribution >= 4 is 11.1 Å². The zero-order valence-electron chi connectivity index (χ0n) is 14.4. The van der Waals surface area contributed by atoms with Crippen molar-refractivity contribution in [1.29, 1.82) is 0 Å². The summed E-state index contributed by atoms with van der Waals surface area (Å²) >= 11 is 0. The van der Waals surface area contributed by atoms with Crippen LogP contribution < -0.4 is 5.76 Å². The Labute approximate surface area is 149 Å². The van der Waals surface area contributed by atoms with Crippen LogP contribution in [0.1, 0.15) is 23.9 Å². The van der Waals surface area contributed by atoms with Crippen LogP contribution >= 0.6 is 0 Å². The predicted molar refractivity (Wildman–Crippen MR) is 94.6 cm³/mol. The van der Waals surface area contributed by atoms with Gasteiger partial charge in [-0.1, -0.05) is 12.1 Å². The summed E-state index contributed by atoms with van der Waals surface area (Å²) in [5.74, 6) is -0.334. The maximum Gasteiger partial charge on any atom is 0.419 e. The highest BCUT2D eigenvalue weighted by Gasteiger charge is 2.20. The van der Waals surface area contributed by atoms with Gasteiger partial charge in [-0.05, 0) is 24.6 Å². The van der Waals surface area contributed by atoms with E-state index in [-0.39, 0.29) is 12.4 Å². The van der Waals surface area contributed by atoms with Crippen LogP contribution in [0, 0.1) is 0 Å². The topological polar surface area (TPSA) is 96.7 Å². The zero-order chi connectivity index (χ0) is 18.1. The van der Waals surface area contributed by atoms with Crippen LogP contribution in [0.4, 0.5) is 0 Å². The Kier molecular flexibility index (Phi) is 4.62. The lowest BCUT2D eigenvalue weighted by molar-refractivity contribution is 0.0916. The molecule has 8 heteroatoms. The van der Waals surface area contributed by atoms with E-state index in [0.29, 0.717) is 30.9 Å². The summed E-state index contributed by atoms with van der Waals surface area (Å²) < 4.78 is 8.85. The van der Waals surface area contributed by atoms with Crippen molar-refractivity contribution in [3.05, 3.63) is 52.3 Å². The summed E-state index contributed by atoms with van der Waals surface area (Å²) in [7, 11) is 0. The SMILES string of the molecule is O=c1oc2ccccc2n1CCN1CCCn2nc([C@@H](O)CO)cc2C1. The van der Waals surface area contributed by atoms with Gasteiger partial charge >= 0.3 is 5.76 Å². The van der Waals surface area contributed by atoms with E-state index in [1.54, 1.807) is 10.6 Å². The minimum atomic E-state index is -0.946. The summed E-state index contributed by atoms with van der Waals surface area (Å²) in [5.41, 5.74) is 2.93. The number of hydrogen-bond acceptors (Lipinski definition) is 6. The van der Waals surface area contributed by atoms with Crippen molar-refractivity contribution in [3.63, 3.8) is 0 Å². The average molecular weight is 358 g/mol. The van der Waals surface area contributed by atoms with Crippen LogP contribution in [0.25, 0.3) is 11.1 Å². The van der Waals surface area contributed by atoms with Gasteiger partial charge in [0.1, 0.15) is 6.10 Å². The molecule has 1 aromatic carbocycles. The molecule has 1 aliphatic heterocycles. The molecule has 0 spiro atoms. The fourth-order valence-corrected chi connectivity index (χ4v) is 3.47. The molecule has 3 aromatic rings. The normalized spacial score (nSPS) is 16.5. The largest absolute Gasteiger partial charge is 0.419 e. The highest BCUT2D eigenvalue weighted by molar-refractivity contribution is 5.72. The lowest BCUT2D eigenvalue weighted by atomic mass is 10.2. The molecule has 0 radical (unpaired) electrons. The number of aliphatic hydroxyl groups is 2. The van der Waals surface area contributed by atoms with Crippen molar-refractivity contribution in [2.75, 3.05) is 19.7 Å². The van der Waals surface area contributed by atoms with Crippen LogP contribution in [0.3, 0.4) is 0 Å². The number of para-hydroxylation sites is 2. The van der Waals surface area contributed by atoms with Gasteiger partial charge in [0.25, 0.3) is 0 Å². The van der Waals surface area contributed by atoms with E-state index in [0.717, 1.165) is 30.7 Å². The van der Waals surface area contributed by atoms with Crippen LogP contribution in [0.5, 0.6) is 0 Å². The molecule has 26 heavy (non-hydrogen) atoms. The van der Waals surface area contributed by atoms with E-state index in [9.17, 15) is 9.90 Å². The summed E-state index contributed by atoms with van der Waals surface area (Å²) in [6, 6.07) is 9.28. The van der Waals surface area contributed by atoms with Gasteiger partial charge in [-0.25, -0.2) is 4.79 Å². The minimum Gasteiger partial charge on any atom is -0.408 e. The minimum absolute atomic E-state index is 0.334. The molecule has 8 nitrogen and oxygen atoms in total. The Hall–Kier alpha value is -2.42. The van der Waals surface area contributed by atoms with Crippen molar-refractivity contribution in [2.45, 2.75) is 32.2 Å². The van der Waals surface area contributed by atoms with Gasteiger partial charge in [-0.2, -0.15) is 5.10 Å². The highest BCUT2D eigenvalue weighted by Crippen LogP contribution is 2.18. The van der Waals surface area contributed by atoms with Crippen LogP contribution in [-0.2, 0) is 19.6 Å². The number of nitrogens with zero attached hydrogens (tertiary/aromatic N) is 4. The smallest absolute Gasteiger partial charge is 0.408 e. The first-order valence-corrected chi connectivity index (χ1v) is 8.82. The first-order valence-electron chi connectivity index (χ1n) is 8.82. The number of aliphatic hydroxyl groups excluding tert-OH is 2. The van der Waals surface area contributed by atoms with E-state index in [2.05, 4.69) is 10.00 Å². The molecule has 0 amide bonds. The number of aryl methyl sites for hydroxylation is 1. The predicted octanol–water partition coefficient (Wildman–Crippen LogP) is 0.723. The van der Waals surface area contributed by atoms with E-state index >= 15 is 0 Å². The molecule has 4 rings (SSSR count). The molecule has 0 unspecified atom stereocenters. The Bertz CT molecular complexity index is 958. The van der Waals surface area contributed by atoms with Crippen molar-refractivity contribution in [1.82, 2.24) is 19.2 Å². The maximum atomic E-state index is 12.1. The summed E-state index contributed by atoms with van der Waals surface area (Å²) in [6.07, 6.45) is -0.0107. The monoisotopic (exact) mass is 358 g/mol. The molecule has 0 bridgehead atoms. The Morgan fingerprint density at radius 3 is 2.92 bits per heavy atom. The van der Waals surface area contributed by atoms with Gasteiger partial charge in [0, 0.05) is 32.7 Å². The Morgan fingerprint density at radius 1 is 1.23 bits per heavy atom. The lowest BCUT2D eigenvalue weighted by Gasteiger charge is -2.19. The third kappa shape index (κ3) is 3.18. The van der Waals surface area contributed by atoms with Gasteiger partial charge < -0.3 is 14.6 Å². The summed E-state index contributed by atoms with van der Waals surface area (Å²) in [4.78, 5) is 14.4. The maximum absolute atomic E-state index is 12.1. The van der Waals surface area contributed by atoms with E-state index in [1.165, 1.54) is 0 Å². The third-order valence-electron chi connectivity index (χ3n) is 4.84. The number of fused-ring (bicyclic) bond motifs is 2. The summed E-state index contributed by atoms with van der Waals surface area (Å²) in [6.45, 7) is 3.30. The Balaban J connectivity index is 1.49. The molecular weight excluding hydrogens is 336 g/mol. The lowest BCUT2D eigenvalue weighted by Crippen LogP contribution is -2.29. The molecule has 138 valence electrons. The van der Waals surface area contributed by atoms with Gasteiger partial charge in [0.15, 0.2) is 5.58 Å². The number of benzene rings is 1. The zero-order valence-corrected chi connectivity index (χ0v) is 14.4. The van der Waals surface area contributed by atoms with E-state index in [4.69, 9.17) is 9.52 Å². The van der Waals surface area contributed by atoms with Crippen molar-refractivity contribution in [2.24, 2.45) is 0 Å². The van der Waals surface area contributed by atoms with E-state index < -0.39 is 6.10 Å². The van der Waals surface area contributed by atoms with Gasteiger partial charge in [0.05, 0.1) is 23.5 Å². The molecular formula is C18H22N4O4. The van der Waals surface area contributed by atoms with Crippen molar-refractivity contribution in [3.8, 4) is 0 Å². The quantitative estimate of drug-likeness (QED) is 0.698. The Morgan fingerprint density at radius 2 is 2.08 bits per heavy atom. The first kappa shape index (κ1) is 17.0. The molecule has 3 heterocycles. The fraction of sp³-hybridized carbons (Fsp3) is 0.444. The van der Waals surface area contributed by atoms with Crippen molar-refractivity contribution < 1.29 is 14.6 Å². The number of hydrogen-bond donors (Lipinski definition) is 2. The molecule has 0 aliphatic carbocycles. The highest BCUT2D eigenvalue weighted by atomic mass is 16.4. The number of oxazole rings is 1. The summed E-state index contributed by atoms with van der Waals surface area (Å²) in [5, 5.41) is 23.3. The van der Waals surface area contributed by atoms with Gasteiger partial charge in [0.2, 0.25) is 0 Å². The number of aromatic nitrogens is 3. The van der Waals surface area contributed by atoms with Crippen LogP contribution in [0.2, 0.25) is 0 Å². The fourth-order valence-electron chi connectivity index (χ4n) is 3.47. The van der Waals surface area contributed by atoms with Gasteiger partial charge in [-0.15, -0.1) is 0 Å². The average Bonchev–Trinajstić information content (AvgIpc) is 3.13. The molecule has 1 aliphatic rings. The van der Waals surface area contributed by atoms with E-state index in [1.807, 2.05) is 28.9 Å². The van der Waals surface area contributed by atoms with Gasteiger partial charge in [-0.3, -0.25) is 14.1 Å². The molecule has 2 N–H and O–H groups in total. The first-order chi connectivity index (χ1) is 12.7. The molecule has 0 saturated heterocycles.